The molecule has 0 aliphatic rings. The molecule has 0 radical (unpaired) electrons. The van der Waals surface area contributed by atoms with Crippen LogP contribution in [0.1, 0.15) is 37.0 Å². The summed E-state index contributed by atoms with van der Waals surface area (Å²) in [5.41, 5.74) is 6.76. The van der Waals surface area contributed by atoms with Crippen molar-refractivity contribution in [2.75, 3.05) is 18.9 Å². The van der Waals surface area contributed by atoms with Crippen molar-refractivity contribution < 1.29 is 9.90 Å². The van der Waals surface area contributed by atoms with Crippen molar-refractivity contribution in [3.8, 4) is 0 Å². The third-order valence-corrected chi connectivity index (χ3v) is 3.10. The normalized spacial score (nSPS) is 12.4. The molecule has 0 aliphatic carbocycles. The van der Waals surface area contributed by atoms with Crippen LogP contribution in [0, 0.1) is 11.8 Å². The Bertz CT molecular complexity index is 405. The Labute approximate surface area is 115 Å². The third-order valence-electron chi connectivity index (χ3n) is 3.10. The van der Waals surface area contributed by atoms with Crippen LogP contribution in [0.15, 0.2) is 24.3 Å². The highest BCUT2D eigenvalue weighted by molar-refractivity contribution is 5.99. The second-order valence-electron chi connectivity index (χ2n) is 5.31. The smallest absolute Gasteiger partial charge is 0.253 e. The van der Waals surface area contributed by atoms with Gasteiger partial charge in [-0.2, -0.15) is 0 Å². The Morgan fingerprint density at radius 2 is 2.05 bits per heavy atom. The van der Waals surface area contributed by atoms with E-state index in [0.717, 1.165) is 6.42 Å². The van der Waals surface area contributed by atoms with Crippen molar-refractivity contribution in [2.24, 2.45) is 11.8 Å². The van der Waals surface area contributed by atoms with Crippen LogP contribution in [-0.2, 0) is 0 Å². The molecule has 4 heteroatoms. The number of hydrogen-bond donors (Lipinski definition) is 3. The molecule has 1 atom stereocenters. The molecule has 0 fully saturated rings. The summed E-state index contributed by atoms with van der Waals surface area (Å²) in [6, 6.07) is 7.03. The maximum Gasteiger partial charge on any atom is 0.253 e. The molecule has 0 saturated carbocycles. The molecule has 19 heavy (non-hydrogen) atoms. The van der Waals surface area contributed by atoms with E-state index in [-0.39, 0.29) is 12.5 Å². The molecule has 0 saturated heterocycles. The number of nitrogens with one attached hydrogen (secondary N) is 1. The van der Waals surface area contributed by atoms with Crippen molar-refractivity contribution in [2.45, 2.75) is 26.7 Å². The summed E-state index contributed by atoms with van der Waals surface area (Å²) in [5, 5.41) is 11.9. The number of benzene rings is 1. The summed E-state index contributed by atoms with van der Waals surface area (Å²) in [7, 11) is 0. The van der Waals surface area contributed by atoms with Gasteiger partial charge >= 0.3 is 0 Å². The van der Waals surface area contributed by atoms with Gasteiger partial charge in [-0.05, 0) is 36.8 Å². The van der Waals surface area contributed by atoms with E-state index in [4.69, 9.17) is 10.8 Å². The number of nitrogen functional groups attached to an aromatic ring is 1. The molecule has 1 rings (SSSR count). The van der Waals surface area contributed by atoms with E-state index in [0.29, 0.717) is 36.1 Å². The predicted molar refractivity (Wildman–Crippen MR) is 77.8 cm³/mol. The number of anilines is 1. The minimum Gasteiger partial charge on any atom is -0.398 e. The molecule has 106 valence electrons. The molecule has 0 aromatic heterocycles. The average Bonchev–Trinajstić information content (AvgIpc) is 2.36. The minimum absolute atomic E-state index is 0.148. The number of aliphatic hydroxyl groups is 1. The largest absolute Gasteiger partial charge is 0.398 e. The van der Waals surface area contributed by atoms with E-state index in [1.54, 1.807) is 24.3 Å². The second-order valence-corrected chi connectivity index (χ2v) is 5.31. The van der Waals surface area contributed by atoms with Gasteiger partial charge < -0.3 is 16.2 Å². The molecule has 1 aromatic rings. The molecule has 1 aromatic carbocycles. The molecular formula is C15H24N2O2. The van der Waals surface area contributed by atoms with E-state index < -0.39 is 0 Å². The van der Waals surface area contributed by atoms with Crippen LogP contribution in [0.3, 0.4) is 0 Å². The first-order valence-electron chi connectivity index (χ1n) is 6.78. The molecule has 0 heterocycles. The maximum atomic E-state index is 12.0. The van der Waals surface area contributed by atoms with E-state index in [9.17, 15) is 4.79 Å². The Kier molecular flexibility index (Phi) is 6.36. The van der Waals surface area contributed by atoms with Gasteiger partial charge in [0.05, 0.1) is 5.56 Å². The van der Waals surface area contributed by atoms with Crippen LogP contribution in [0.25, 0.3) is 0 Å². The number of rotatable bonds is 7. The van der Waals surface area contributed by atoms with E-state index in [1.807, 2.05) is 0 Å². The standard InChI is InChI=1S/C15H24N2O2/c1-11(2)9-12(7-8-18)10-17-15(19)13-5-3-4-6-14(13)16/h3-6,11-12,18H,7-10,16H2,1-2H3,(H,17,19). The van der Waals surface area contributed by atoms with Gasteiger partial charge in [0, 0.05) is 18.8 Å². The zero-order valence-electron chi connectivity index (χ0n) is 11.7. The van der Waals surface area contributed by atoms with Crippen molar-refractivity contribution in [1.29, 1.82) is 0 Å². The maximum absolute atomic E-state index is 12.0. The van der Waals surface area contributed by atoms with Crippen LogP contribution in [0.5, 0.6) is 0 Å². The van der Waals surface area contributed by atoms with Crippen LogP contribution in [-0.4, -0.2) is 24.2 Å². The van der Waals surface area contributed by atoms with Crippen LogP contribution >= 0.6 is 0 Å². The van der Waals surface area contributed by atoms with Crippen LogP contribution in [0.4, 0.5) is 5.69 Å². The summed E-state index contributed by atoms with van der Waals surface area (Å²) in [5.74, 6) is 0.707. The third kappa shape index (κ3) is 5.30. The molecule has 0 spiro atoms. The van der Waals surface area contributed by atoms with Crippen molar-refractivity contribution in [1.82, 2.24) is 5.32 Å². The number of aliphatic hydroxyl groups excluding tert-OH is 1. The summed E-state index contributed by atoms with van der Waals surface area (Å²) < 4.78 is 0. The predicted octanol–water partition coefficient (Wildman–Crippen LogP) is 2.04. The van der Waals surface area contributed by atoms with Gasteiger partial charge in [-0.25, -0.2) is 0 Å². The number of carbonyl (C=O) groups is 1. The lowest BCUT2D eigenvalue weighted by atomic mass is 9.94. The molecule has 1 unspecified atom stereocenters. The van der Waals surface area contributed by atoms with Gasteiger partial charge in [0.15, 0.2) is 0 Å². The quantitative estimate of drug-likeness (QED) is 0.660. The highest BCUT2D eigenvalue weighted by Gasteiger charge is 2.14. The first-order chi connectivity index (χ1) is 9.04. The van der Waals surface area contributed by atoms with Gasteiger partial charge in [0.2, 0.25) is 0 Å². The fraction of sp³-hybridized carbons (Fsp3) is 0.533. The second kappa shape index (κ2) is 7.79. The molecule has 0 aliphatic heterocycles. The summed E-state index contributed by atoms with van der Waals surface area (Å²) >= 11 is 0. The highest BCUT2D eigenvalue weighted by atomic mass is 16.3. The number of carbonyl (C=O) groups excluding carboxylic acids is 1. The summed E-state index contributed by atoms with van der Waals surface area (Å²) in [6.07, 6.45) is 1.70. The lowest BCUT2D eigenvalue weighted by Gasteiger charge is -2.18. The monoisotopic (exact) mass is 264 g/mol. The van der Waals surface area contributed by atoms with Crippen LogP contribution < -0.4 is 11.1 Å². The van der Waals surface area contributed by atoms with Gasteiger partial charge in [-0.3, -0.25) is 4.79 Å². The van der Waals surface area contributed by atoms with E-state index in [1.165, 1.54) is 0 Å². The Hall–Kier alpha value is -1.55. The van der Waals surface area contributed by atoms with Gasteiger partial charge in [-0.1, -0.05) is 26.0 Å². The van der Waals surface area contributed by atoms with Crippen molar-refractivity contribution in [3.63, 3.8) is 0 Å². The summed E-state index contributed by atoms with van der Waals surface area (Å²) in [6.45, 7) is 5.01. The minimum atomic E-state index is -0.148. The van der Waals surface area contributed by atoms with Crippen molar-refractivity contribution in [3.05, 3.63) is 29.8 Å². The SMILES string of the molecule is CC(C)CC(CCO)CNC(=O)c1ccccc1N. The number of para-hydroxylation sites is 1. The first-order valence-corrected chi connectivity index (χ1v) is 6.78. The Balaban J connectivity index is 2.54. The number of nitrogens with two attached hydrogens (primary N) is 1. The lowest BCUT2D eigenvalue weighted by molar-refractivity contribution is 0.0942. The lowest BCUT2D eigenvalue weighted by Crippen LogP contribution is -2.30. The zero-order chi connectivity index (χ0) is 14.3. The van der Waals surface area contributed by atoms with Crippen LogP contribution in [0.2, 0.25) is 0 Å². The van der Waals surface area contributed by atoms with Gasteiger partial charge in [0.1, 0.15) is 0 Å². The Morgan fingerprint density at radius 3 is 2.63 bits per heavy atom. The molecule has 1 amide bonds. The Morgan fingerprint density at radius 1 is 1.37 bits per heavy atom. The fourth-order valence-corrected chi connectivity index (χ4v) is 2.19. The van der Waals surface area contributed by atoms with Gasteiger partial charge in [-0.15, -0.1) is 0 Å². The van der Waals surface area contributed by atoms with Crippen molar-refractivity contribution >= 4 is 11.6 Å². The van der Waals surface area contributed by atoms with E-state index in [2.05, 4.69) is 19.2 Å². The molecule has 4 nitrogen and oxygen atoms in total. The van der Waals surface area contributed by atoms with Gasteiger partial charge in [0.25, 0.3) is 5.91 Å². The molecule has 4 N–H and O–H groups in total. The number of amides is 1. The molecule has 0 bridgehead atoms. The summed E-state index contributed by atoms with van der Waals surface area (Å²) in [4.78, 5) is 12.0. The first kappa shape index (κ1) is 15.5. The topological polar surface area (TPSA) is 75.3 Å². The zero-order valence-corrected chi connectivity index (χ0v) is 11.7. The fourth-order valence-electron chi connectivity index (χ4n) is 2.19. The average molecular weight is 264 g/mol. The number of hydrogen-bond acceptors (Lipinski definition) is 3. The molecular weight excluding hydrogens is 240 g/mol. The highest BCUT2D eigenvalue weighted by Crippen LogP contribution is 2.15. The van der Waals surface area contributed by atoms with E-state index >= 15 is 0 Å².